The van der Waals surface area contributed by atoms with E-state index in [-0.39, 0.29) is 6.47 Å². The summed E-state index contributed by atoms with van der Waals surface area (Å²) in [5.41, 5.74) is -0.733. The summed E-state index contributed by atoms with van der Waals surface area (Å²) in [4.78, 5) is 10.5. The first-order valence-electron chi connectivity index (χ1n) is 6.21. The van der Waals surface area contributed by atoms with Crippen LogP contribution < -0.4 is 0 Å². The largest absolute Gasteiger partial charge is 0.435 e. The van der Waals surface area contributed by atoms with Gasteiger partial charge in [-0.1, -0.05) is 0 Å². The van der Waals surface area contributed by atoms with Crippen molar-refractivity contribution >= 4 is 16.9 Å². The van der Waals surface area contributed by atoms with Gasteiger partial charge in [-0.15, -0.1) is 0 Å². The molecule has 2 unspecified atom stereocenters. The zero-order chi connectivity index (χ0) is 16.4. The van der Waals surface area contributed by atoms with Gasteiger partial charge in [-0.2, -0.15) is 8.42 Å². The van der Waals surface area contributed by atoms with Gasteiger partial charge in [-0.25, -0.2) is 4.18 Å². The minimum atomic E-state index is -4.79. The molecule has 1 rings (SSSR count). The molecule has 0 radical (unpaired) electrons. The monoisotopic (exact) mass is 328 g/mol. The smallest absolute Gasteiger partial charge is 0.397 e. The number of rotatable bonds is 5. The molecule has 0 aromatic carbocycles. The molecule has 1 aliphatic rings. The van der Waals surface area contributed by atoms with E-state index in [0.29, 0.717) is 0 Å². The molecule has 0 aliphatic carbocycles. The van der Waals surface area contributed by atoms with Crippen LogP contribution in [0.4, 0.5) is 0 Å². The van der Waals surface area contributed by atoms with E-state index >= 15 is 0 Å². The number of aliphatic hydroxyl groups is 1. The third-order valence-electron chi connectivity index (χ3n) is 2.66. The second kappa shape index (κ2) is 6.55. The van der Waals surface area contributed by atoms with Gasteiger partial charge in [0.15, 0.2) is 0 Å². The van der Waals surface area contributed by atoms with Crippen LogP contribution in [0, 0.1) is 0 Å². The maximum Gasteiger partial charge on any atom is 0.397 e. The quantitative estimate of drug-likeness (QED) is 0.513. The lowest BCUT2D eigenvalue weighted by Crippen LogP contribution is -2.60. The fourth-order valence-corrected chi connectivity index (χ4v) is 2.52. The Balaban J connectivity index is 3.00. The van der Waals surface area contributed by atoms with Crippen molar-refractivity contribution in [2.75, 3.05) is 0 Å². The molecule has 0 spiro atoms. The lowest BCUT2D eigenvalue weighted by atomic mass is 9.99. The standard InChI is InChI=1S/C11H20O9S/c1-6-8(20-21(14,15)16)7(13)9(19-11(2,3)4)10(18-6)17-5-12/h5-10,13H,1-4H3,(H,14,15,16)/t6-,7-,8?,9+,10?/m0/s1. The average Bonchev–Trinajstić information content (AvgIpc) is 2.27. The minimum Gasteiger partial charge on any atom is -0.435 e. The summed E-state index contributed by atoms with van der Waals surface area (Å²) in [7, 11) is -4.79. The maximum atomic E-state index is 10.8. The first-order chi connectivity index (χ1) is 9.44. The molecule has 1 aliphatic heterocycles. The molecule has 124 valence electrons. The SMILES string of the molecule is C[C@@H]1OC(OC=O)[C@H](OC(C)(C)C)[C@@H](O)C1OS(=O)(=O)O. The minimum absolute atomic E-state index is 0.132. The summed E-state index contributed by atoms with van der Waals surface area (Å²) in [6.07, 6.45) is -6.28. The first kappa shape index (κ1) is 18.3. The Bertz CT molecular complexity index is 455. The molecule has 0 bridgehead atoms. The Morgan fingerprint density at radius 2 is 1.81 bits per heavy atom. The molecular formula is C11H20O9S. The number of carbonyl (C=O) groups excluding carboxylic acids is 1. The summed E-state index contributed by atoms with van der Waals surface area (Å²) in [6, 6.07) is 0. The van der Waals surface area contributed by atoms with Crippen molar-refractivity contribution < 1.29 is 41.3 Å². The number of hydrogen-bond donors (Lipinski definition) is 2. The van der Waals surface area contributed by atoms with Crippen LogP contribution in [0.5, 0.6) is 0 Å². The van der Waals surface area contributed by atoms with Crippen molar-refractivity contribution in [3.8, 4) is 0 Å². The van der Waals surface area contributed by atoms with Crippen LogP contribution in [0.15, 0.2) is 0 Å². The molecule has 0 aromatic rings. The Kier molecular flexibility index (Phi) is 5.69. The summed E-state index contributed by atoms with van der Waals surface area (Å²) in [6.45, 7) is 6.59. The number of aliphatic hydroxyl groups excluding tert-OH is 1. The molecular weight excluding hydrogens is 308 g/mol. The molecule has 1 fully saturated rings. The van der Waals surface area contributed by atoms with E-state index in [1.54, 1.807) is 20.8 Å². The van der Waals surface area contributed by atoms with E-state index in [9.17, 15) is 18.3 Å². The van der Waals surface area contributed by atoms with Crippen LogP contribution in [0.2, 0.25) is 0 Å². The highest BCUT2D eigenvalue weighted by molar-refractivity contribution is 7.80. The summed E-state index contributed by atoms with van der Waals surface area (Å²) in [5, 5.41) is 10.2. The van der Waals surface area contributed by atoms with Crippen molar-refractivity contribution in [1.29, 1.82) is 0 Å². The van der Waals surface area contributed by atoms with Gasteiger partial charge in [0.1, 0.15) is 18.3 Å². The topological polar surface area (TPSA) is 129 Å². The van der Waals surface area contributed by atoms with Crippen molar-refractivity contribution in [2.24, 2.45) is 0 Å². The van der Waals surface area contributed by atoms with E-state index in [1.807, 2.05) is 0 Å². The van der Waals surface area contributed by atoms with Gasteiger partial charge in [0.05, 0.1) is 11.7 Å². The highest BCUT2D eigenvalue weighted by Gasteiger charge is 2.49. The third-order valence-corrected chi connectivity index (χ3v) is 3.13. The maximum absolute atomic E-state index is 10.8. The summed E-state index contributed by atoms with van der Waals surface area (Å²) in [5.74, 6) is 0. The predicted octanol–water partition coefficient (Wildman–Crippen LogP) is -0.363. The van der Waals surface area contributed by atoms with Crippen LogP contribution in [-0.4, -0.2) is 60.9 Å². The van der Waals surface area contributed by atoms with E-state index in [4.69, 9.17) is 18.8 Å². The van der Waals surface area contributed by atoms with Gasteiger partial charge in [-0.3, -0.25) is 9.35 Å². The van der Waals surface area contributed by atoms with E-state index < -0.39 is 46.7 Å². The van der Waals surface area contributed by atoms with Gasteiger partial charge < -0.3 is 19.3 Å². The molecule has 2 N–H and O–H groups in total. The summed E-state index contributed by atoms with van der Waals surface area (Å²) < 4.78 is 50.3. The average molecular weight is 328 g/mol. The third kappa shape index (κ3) is 5.49. The first-order valence-corrected chi connectivity index (χ1v) is 7.57. The second-order valence-corrected chi connectivity index (χ2v) is 6.66. The molecule has 1 saturated heterocycles. The van der Waals surface area contributed by atoms with Crippen molar-refractivity contribution in [3.05, 3.63) is 0 Å². The molecule has 10 heteroatoms. The zero-order valence-electron chi connectivity index (χ0n) is 12.1. The van der Waals surface area contributed by atoms with Gasteiger partial charge in [0.2, 0.25) is 6.29 Å². The lowest BCUT2D eigenvalue weighted by Gasteiger charge is -2.43. The van der Waals surface area contributed by atoms with Crippen molar-refractivity contribution in [2.45, 2.75) is 64.0 Å². The molecule has 0 saturated carbocycles. The van der Waals surface area contributed by atoms with Crippen molar-refractivity contribution in [1.82, 2.24) is 0 Å². The Morgan fingerprint density at radius 3 is 2.24 bits per heavy atom. The molecule has 0 aromatic heterocycles. The molecule has 0 amide bonds. The Labute approximate surface area is 123 Å². The Hall–Kier alpha value is -0.780. The molecule has 5 atom stereocenters. The Morgan fingerprint density at radius 1 is 1.24 bits per heavy atom. The van der Waals surface area contributed by atoms with E-state index in [2.05, 4.69) is 4.18 Å². The molecule has 21 heavy (non-hydrogen) atoms. The highest BCUT2D eigenvalue weighted by atomic mass is 32.3. The van der Waals surface area contributed by atoms with Gasteiger partial charge in [0, 0.05) is 0 Å². The van der Waals surface area contributed by atoms with Crippen LogP contribution in [0.1, 0.15) is 27.7 Å². The number of ether oxygens (including phenoxy) is 3. The van der Waals surface area contributed by atoms with Crippen LogP contribution in [-0.2, 0) is 33.6 Å². The predicted molar refractivity (Wildman–Crippen MR) is 68.5 cm³/mol. The lowest BCUT2D eigenvalue weighted by molar-refractivity contribution is -0.301. The van der Waals surface area contributed by atoms with Crippen molar-refractivity contribution in [3.63, 3.8) is 0 Å². The molecule has 9 nitrogen and oxygen atoms in total. The fourth-order valence-electron chi connectivity index (χ4n) is 1.97. The zero-order valence-corrected chi connectivity index (χ0v) is 12.9. The van der Waals surface area contributed by atoms with E-state index in [0.717, 1.165) is 0 Å². The van der Waals surface area contributed by atoms with Gasteiger partial charge in [0.25, 0.3) is 6.47 Å². The highest BCUT2D eigenvalue weighted by Crippen LogP contribution is 2.29. The number of hydrogen-bond acceptors (Lipinski definition) is 8. The van der Waals surface area contributed by atoms with E-state index in [1.165, 1.54) is 6.92 Å². The van der Waals surface area contributed by atoms with Crippen LogP contribution in [0.25, 0.3) is 0 Å². The van der Waals surface area contributed by atoms with Crippen LogP contribution >= 0.6 is 0 Å². The fraction of sp³-hybridized carbons (Fsp3) is 0.909. The van der Waals surface area contributed by atoms with Crippen LogP contribution in [0.3, 0.4) is 0 Å². The number of carbonyl (C=O) groups is 1. The second-order valence-electron chi connectivity index (χ2n) is 5.62. The normalized spacial score (nSPS) is 34.5. The van der Waals surface area contributed by atoms with Gasteiger partial charge in [-0.05, 0) is 27.7 Å². The van der Waals surface area contributed by atoms with Gasteiger partial charge >= 0.3 is 10.4 Å². The summed E-state index contributed by atoms with van der Waals surface area (Å²) >= 11 is 0. The molecule has 1 heterocycles.